The van der Waals surface area contributed by atoms with Crippen LogP contribution in [0.2, 0.25) is 0 Å². The van der Waals surface area contributed by atoms with Gasteiger partial charge in [-0.25, -0.2) is 0 Å². The summed E-state index contributed by atoms with van der Waals surface area (Å²) >= 11 is 1.75. The van der Waals surface area contributed by atoms with E-state index >= 15 is 0 Å². The van der Waals surface area contributed by atoms with Gasteiger partial charge in [-0.1, -0.05) is 36.4 Å². The van der Waals surface area contributed by atoms with Gasteiger partial charge in [0.25, 0.3) is 5.91 Å². The first-order valence-electron chi connectivity index (χ1n) is 9.44. The Morgan fingerprint density at radius 3 is 2.83 bits per heavy atom. The zero-order valence-corrected chi connectivity index (χ0v) is 19.1. The zero-order valence-electron chi connectivity index (χ0n) is 16.3. The van der Waals surface area contributed by atoms with E-state index in [-0.39, 0.29) is 47.2 Å². The van der Waals surface area contributed by atoms with E-state index in [0.29, 0.717) is 12.0 Å². The van der Waals surface area contributed by atoms with Gasteiger partial charge in [-0.15, -0.1) is 11.3 Å². The fourth-order valence-electron chi connectivity index (χ4n) is 4.28. The van der Waals surface area contributed by atoms with E-state index in [2.05, 4.69) is 35.2 Å². The molecule has 0 N–H and O–H groups in total. The maximum atomic E-state index is 12.4. The monoisotopic (exact) mass is 414 g/mol. The molecule has 1 atom stereocenters. The molecule has 1 unspecified atom stereocenters. The summed E-state index contributed by atoms with van der Waals surface area (Å²) in [6.07, 6.45) is 5.10. The number of amides is 1. The van der Waals surface area contributed by atoms with Crippen LogP contribution < -0.4 is 34.7 Å². The zero-order chi connectivity index (χ0) is 19.3. The van der Waals surface area contributed by atoms with Crippen LogP contribution in [0.1, 0.15) is 27.3 Å². The smallest absolute Gasteiger partial charge is 0.543 e. The van der Waals surface area contributed by atoms with Crippen molar-refractivity contribution in [3.05, 3.63) is 74.6 Å². The van der Waals surface area contributed by atoms with E-state index in [4.69, 9.17) is 0 Å². The van der Waals surface area contributed by atoms with E-state index in [1.165, 1.54) is 20.9 Å². The van der Waals surface area contributed by atoms with Gasteiger partial charge in [-0.05, 0) is 36.1 Å². The second-order valence-electron chi connectivity index (χ2n) is 7.45. The van der Waals surface area contributed by atoms with Crippen molar-refractivity contribution >= 4 is 29.3 Å². The number of hydrogen-bond acceptors (Lipinski definition) is 5. The number of carbonyl (C=O) groups is 2. The fourth-order valence-corrected chi connectivity index (χ4v) is 5.40. The summed E-state index contributed by atoms with van der Waals surface area (Å²) in [4.78, 5) is 29.7. The molecule has 0 aliphatic carbocycles. The van der Waals surface area contributed by atoms with E-state index in [9.17, 15) is 14.7 Å². The first-order chi connectivity index (χ1) is 13.6. The van der Waals surface area contributed by atoms with Crippen molar-refractivity contribution in [2.75, 3.05) is 6.54 Å². The van der Waals surface area contributed by atoms with E-state index in [0.717, 1.165) is 30.9 Å². The Balaban J connectivity index is 0.00000205. The molecule has 1 aromatic carbocycles. The number of thiophene rings is 1. The van der Waals surface area contributed by atoms with Crippen LogP contribution in [0.4, 0.5) is 0 Å². The molecule has 0 bridgehead atoms. The van der Waals surface area contributed by atoms with Gasteiger partial charge in [0.1, 0.15) is 0 Å². The molecule has 7 heteroatoms. The van der Waals surface area contributed by atoms with E-state index < -0.39 is 5.97 Å². The summed E-state index contributed by atoms with van der Waals surface area (Å²) < 4.78 is 0. The first-order valence-corrected chi connectivity index (χ1v) is 10.3. The van der Waals surface area contributed by atoms with Gasteiger partial charge in [-0.3, -0.25) is 14.6 Å². The first kappa shape index (κ1) is 20.6. The minimum Gasteiger partial charge on any atom is -0.543 e. The second kappa shape index (κ2) is 8.20. The molecule has 142 valence electrons. The normalized spacial score (nSPS) is 21.9. The van der Waals surface area contributed by atoms with Crippen molar-refractivity contribution in [2.45, 2.75) is 32.0 Å². The number of carboxylic acids is 1. The number of rotatable bonds is 4. The van der Waals surface area contributed by atoms with Crippen molar-refractivity contribution in [3.63, 3.8) is 0 Å². The molecule has 1 aromatic heterocycles. The van der Waals surface area contributed by atoms with Crippen molar-refractivity contribution < 1.29 is 44.3 Å². The third-order valence-electron chi connectivity index (χ3n) is 5.65. The summed E-state index contributed by atoms with van der Waals surface area (Å²) in [6, 6.07) is 12.5. The predicted octanol–water partition coefficient (Wildman–Crippen LogP) is -1.06. The van der Waals surface area contributed by atoms with E-state index in [1.807, 2.05) is 12.1 Å². The van der Waals surface area contributed by atoms with Crippen LogP contribution in [0.5, 0.6) is 0 Å². The van der Waals surface area contributed by atoms with Gasteiger partial charge in [0.15, 0.2) is 0 Å². The maximum absolute atomic E-state index is 12.4. The minimum absolute atomic E-state index is 0. The summed E-state index contributed by atoms with van der Waals surface area (Å²) in [5.41, 5.74) is 3.37. The minimum atomic E-state index is -1.28. The molecule has 4 heterocycles. The second-order valence-corrected chi connectivity index (χ2v) is 8.61. The topological polar surface area (TPSA) is 63.7 Å². The Morgan fingerprint density at radius 1 is 1.28 bits per heavy atom. The average molecular weight is 414 g/mol. The predicted molar refractivity (Wildman–Crippen MR) is 105 cm³/mol. The molecule has 1 fully saturated rings. The Hall–Kier alpha value is -1.70. The van der Waals surface area contributed by atoms with Crippen molar-refractivity contribution in [1.29, 1.82) is 0 Å². The molecule has 3 aliphatic heterocycles. The number of β-lactam (4-membered cyclic amide) rings is 1. The molecule has 29 heavy (non-hydrogen) atoms. The van der Waals surface area contributed by atoms with Crippen LogP contribution in [0.25, 0.3) is 6.08 Å². The molecule has 1 saturated heterocycles. The summed E-state index contributed by atoms with van der Waals surface area (Å²) in [7, 11) is 0. The molecule has 5 rings (SSSR count). The van der Waals surface area contributed by atoms with Crippen LogP contribution in [-0.2, 0) is 29.1 Å². The van der Waals surface area contributed by atoms with E-state index in [1.54, 1.807) is 17.4 Å². The largest absolute Gasteiger partial charge is 1.00 e. The average Bonchev–Trinajstić information content (AvgIpc) is 3.28. The van der Waals surface area contributed by atoms with Gasteiger partial charge in [0, 0.05) is 35.0 Å². The number of nitrogens with zero attached hydrogens (tertiary/aromatic N) is 2. The molecular formula is C22H19N2NaO3S. The third-order valence-corrected chi connectivity index (χ3v) is 6.84. The van der Waals surface area contributed by atoms with Crippen LogP contribution in [0, 0.1) is 0 Å². The van der Waals surface area contributed by atoms with Crippen LogP contribution in [-0.4, -0.2) is 34.3 Å². The molecule has 0 radical (unpaired) electrons. The SMILES string of the molecule is O=C([O-])C1=CCC2/C(=C\c3cc4c(s3)CCN(Cc3ccccc3)C4)C(=O)N12.[Na+]. The molecule has 0 saturated carbocycles. The van der Waals surface area contributed by atoms with Crippen LogP contribution in [0.3, 0.4) is 0 Å². The standard InChI is InChI=1S/C22H20N2O3S.Na/c25-21-17(18-6-7-19(22(26)27)24(18)21)11-16-10-15-13-23(9-8-20(15)28-16)12-14-4-2-1-3-5-14;/h1-5,7,10-11,18H,6,8-9,12-13H2,(H,26,27);/q;+1/p-1/b17-11+;. The van der Waals surface area contributed by atoms with Crippen molar-refractivity contribution in [3.8, 4) is 0 Å². The number of carboxylic acid groups (broad SMARTS) is 1. The number of hydrogen-bond donors (Lipinski definition) is 0. The number of aliphatic carboxylic acids is 1. The quantitative estimate of drug-likeness (QED) is 0.364. The molecule has 3 aliphatic rings. The molecule has 5 nitrogen and oxygen atoms in total. The number of benzene rings is 1. The fraction of sp³-hybridized carbons (Fsp3) is 0.273. The summed E-state index contributed by atoms with van der Waals surface area (Å²) in [6.45, 7) is 2.90. The Labute approximate surface area is 195 Å². The van der Waals surface area contributed by atoms with Crippen LogP contribution in [0.15, 0.2) is 53.7 Å². The third kappa shape index (κ3) is 3.76. The van der Waals surface area contributed by atoms with Gasteiger partial charge < -0.3 is 9.90 Å². The van der Waals surface area contributed by atoms with Crippen molar-refractivity contribution in [2.24, 2.45) is 0 Å². The van der Waals surface area contributed by atoms with Crippen molar-refractivity contribution in [1.82, 2.24) is 9.80 Å². The molecular weight excluding hydrogens is 395 g/mol. The van der Waals surface area contributed by atoms with Gasteiger partial charge in [0.05, 0.1) is 17.7 Å². The maximum Gasteiger partial charge on any atom is 1.00 e. The Bertz CT molecular complexity index is 1030. The Kier molecular flexibility index (Phi) is 5.82. The van der Waals surface area contributed by atoms with Gasteiger partial charge >= 0.3 is 29.6 Å². The van der Waals surface area contributed by atoms with Crippen LogP contribution >= 0.6 is 11.3 Å². The molecule has 0 spiro atoms. The number of fused-ring (bicyclic) bond motifs is 2. The summed E-state index contributed by atoms with van der Waals surface area (Å²) in [5.74, 6) is -1.49. The Morgan fingerprint density at radius 2 is 2.07 bits per heavy atom. The number of carbonyl (C=O) groups excluding carboxylic acids is 2. The summed E-state index contributed by atoms with van der Waals surface area (Å²) in [5, 5.41) is 11.1. The van der Waals surface area contributed by atoms with Gasteiger partial charge in [-0.2, -0.15) is 0 Å². The molecule has 1 amide bonds. The van der Waals surface area contributed by atoms with Gasteiger partial charge in [0.2, 0.25) is 0 Å². The molecule has 2 aromatic rings.